The lowest BCUT2D eigenvalue weighted by Crippen LogP contribution is -2.27. The molecule has 6 heteroatoms. The monoisotopic (exact) mass is 351 g/mol. The van der Waals surface area contributed by atoms with E-state index in [-0.39, 0.29) is 30.7 Å². The van der Waals surface area contributed by atoms with Crippen LogP contribution in [0.15, 0.2) is 42.5 Å². The molecule has 0 saturated heterocycles. The van der Waals surface area contributed by atoms with Gasteiger partial charge in [0.05, 0.1) is 26.2 Å². The number of ether oxygens (including phenoxy) is 2. The number of carbonyl (C=O) groups is 1. The summed E-state index contributed by atoms with van der Waals surface area (Å²) in [5.74, 6) is 0.147. The van der Waals surface area contributed by atoms with Gasteiger partial charge < -0.3 is 14.8 Å². The van der Waals surface area contributed by atoms with Gasteiger partial charge in [-0.15, -0.1) is 0 Å². The van der Waals surface area contributed by atoms with Crippen LogP contribution in [0.4, 0.5) is 4.39 Å². The van der Waals surface area contributed by atoms with Gasteiger partial charge in [-0.05, 0) is 42.8 Å². The highest BCUT2D eigenvalue weighted by Gasteiger charge is 2.12. The van der Waals surface area contributed by atoms with E-state index < -0.39 is 5.82 Å². The number of nitrogens with one attached hydrogen (secondary N) is 1. The molecule has 0 aliphatic carbocycles. The van der Waals surface area contributed by atoms with Crippen LogP contribution in [0.3, 0.4) is 0 Å². The fourth-order valence-corrected chi connectivity index (χ4v) is 2.35. The molecular weight excluding hydrogens is 333 g/mol. The van der Waals surface area contributed by atoms with Crippen molar-refractivity contribution in [3.8, 4) is 11.5 Å². The molecule has 1 unspecified atom stereocenters. The van der Waals surface area contributed by atoms with Crippen molar-refractivity contribution in [2.24, 2.45) is 0 Å². The van der Waals surface area contributed by atoms with Gasteiger partial charge in [0.25, 0.3) is 0 Å². The highest BCUT2D eigenvalue weighted by atomic mass is 35.5. The third kappa shape index (κ3) is 5.13. The van der Waals surface area contributed by atoms with E-state index in [0.29, 0.717) is 16.3 Å². The Hall–Kier alpha value is -2.27. The SMILES string of the molecule is COc1ccc(C(C)NC(=O)CCOc2cccc(Cl)c2)cc1F. The van der Waals surface area contributed by atoms with E-state index >= 15 is 0 Å². The topological polar surface area (TPSA) is 47.6 Å². The maximum atomic E-state index is 13.7. The molecule has 0 bridgehead atoms. The second-order valence-electron chi connectivity index (χ2n) is 5.24. The van der Waals surface area contributed by atoms with Crippen molar-refractivity contribution < 1.29 is 18.7 Å². The van der Waals surface area contributed by atoms with Crippen LogP contribution < -0.4 is 14.8 Å². The molecule has 4 nitrogen and oxygen atoms in total. The van der Waals surface area contributed by atoms with E-state index in [4.69, 9.17) is 21.1 Å². The third-order valence-corrected chi connectivity index (χ3v) is 3.68. The lowest BCUT2D eigenvalue weighted by atomic mass is 10.1. The Kier molecular flexibility index (Phi) is 6.44. The minimum atomic E-state index is -0.458. The van der Waals surface area contributed by atoms with Gasteiger partial charge in [-0.1, -0.05) is 23.7 Å². The predicted octanol–water partition coefficient (Wildman–Crippen LogP) is 4.13. The van der Waals surface area contributed by atoms with Crippen molar-refractivity contribution in [2.75, 3.05) is 13.7 Å². The lowest BCUT2D eigenvalue weighted by Gasteiger charge is -2.15. The summed E-state index contributed by atoms with van der Waals surface area (Å²) in [5, 5.41) is 3.38. The van der Waals surface area contributed by atoms with E-state index in [1.54, 1.807) is 37.3 Å². The zero-order valence-corrected chi connectivity index (χ0v) is 14.3. The van der Waals surface area contributed by atoms with Gasteiger partial charge in [-0.25, -0.2) is 4.39 Å². The first kappa shape index (κ1) is 18.1. The van der Waals surface area contributed by atoms with Crippen LogP contribution in [0.25, 0.3) is 0 Å². The summed E-state index contributed by atoms with van der Waals surface area (Å²) in [7, 11) is 1.41. The number of benzene rings is 2. The minimum Gasteiger partial charge on any atom is -0.494 e. The highest BCUT2D eigenvalue weighted by Crippen LogP contribution is 2.22. The van der Waals surface area contributed by atoms with E-state index in [1.165, 1.54) is 19.2 Å². The number of hydrogen-bond donors (Lipinski definition) is 1. The summed E-state index contributed by atoms with van der Waals surface area (Å²) in [5.41, 5.74) is 0.664. The average Bonchev–Trinajstić information content (AvgIpc) is 2.54. The first-order valence-electron chi connectivity index (χ1n) is 7.50. The van der Waals surface area contributed by atoms with Crippen molar-refractivity contribution in [1.82, 2.24) is 5.32 Å². The molecule has 2 rings (SSSR count). The van der Waals surface area contributed by atoms with Gasteiger partial charge in [0.15, 0.2) is 11.6 Å². The molecule has 0 fully saturated rings. The van der Waals surface area contributed by atoms with Crippen LogP contribution in [0.5, 0.6) is 11.5 Å². The maximum absolute atomic E-state index is 13.7. The summed E-state index contributed by atoms with van der Waals surface area (Å²) in [4.78, 5) is 12.0. The molecule has 0 aliphatic heterocycles. The first-order valence-corrected chi connectivity index (χ1v) is 7.88. The molecule has 0 spiro atoms. The number of halogens is 2. The summed E-state index contributed by atoms with van der Waals surface area (Å²) >= 11 is 5.86. The van der Waals surface area contributed by atoms with Crippen molar-refractivity contribution >= 4 is 17.5 Å². The van der Waals surface area contributed by atoms with Gasteiger partial charge >= 0.3 is 0 Å². The molecule has 24 heavy (non-hydrogen) atoms. The number of amides is 1. The number of rotatable bonds is 7. The van der Waals surface area contributed by atoms with E-state index in [9.17, 15) is 9.18 Å². The number of carbonyl (C=O) groups excluding carboxylic acids is 1. The number of hydrogen-bond acceptors (Lipinski definition) is 3. The molecule has 2 aromatic rings. The van der Waals surface area contributed by atoms with Crippen LogP contribution in [0.2, 0.25) is 5.02 Å². The van der Waals surface area contributed by atoms with Crippen molar-refractivity contribution in [2.45, 2.75) is 19.4 Å². The third-order valence-electron chi connectivity index (χ3n) is 3.45. The van der Waals surface area contributed by atoms with Crippen LogP contribution in [0, 0.1) is 5.82 Å². The average molecular weight is 352 g/mol. The van der Waals surface area contributed by atoms with Gasteiger partial charge in [-0.3, -0.25) is 4.79 Å². The summed E-state index contributed by atoms with van der Waals surface area (Å²) in [6.07, 6.45) is 0.190. The Balaban J connectivity index is 1.82. The van der Waals surface area contributed by atoms with Gasteiger partial charge in [0.2, 0.25) is 5.91 Å². The molecule has 0 radical (unpaired) electrons. The van der Waals surface area contributed by atoms with Crippen molar-refractivity contribution in [3.05, 3.63) is 58.9 Å². The standard InChI is InChI=1S/C18H19ClFNO3/c1-12(13-6-7-17(23-2)16(20)10-13)21-18(22)8-9-24-15-5-3-4-14(19)11-15/h3-7,10-12H,8-9H2,1-2H3,(H,21,22). The molecule has 1 atom stereocenters. The predicted molar refractivity (Wildman–Crippen MR) is 91.1 cm³/mol. The Bertz CT molecular complexity index is 708. The summed E-state index contributed by atoms with van der Waals surface area (Å²) < 4.78 is 24.1. The quantitative estimate of drug-likeness (QED) is 0.815. The minimum absolute atomic E-state index is 0.173. The van der Waals surface area contributed by atoms with Crippen molar-refractivity contribution in [3.63, 3.8) is 0 Å². The van der Waals surface area contributed by atoms with Crippen LogP contribution in [0.1, 0.15) is 24.9 Å². The molecule has 0 aromatic heterocycles. The smallest absolute Gasteiger partial charge is 0.223 e. The lowest BCUT2D eigenvalue weighted by molar-refractivity contribution is -0.122. The Morgan fingerprint density at radius 3 is 2.75 bits per heavy atom. The fourth-order valence-electron chi connectivity index (χ4n) is 2.17. The first-order chi connectivity index (χ1) is 11.5. The molecule has 1 amide bonds. The zero-order valence-electron chi connectivity index (χ0n) is 13.5. The highest BCUT2D eigenvalue weighted by molar-refractivity contribution is 6.30. The zero-order chi connectivity index (χ0) is 17.5. The van der Waals surface area contributed by atoms with E-state index in [2.05, 4.69) is 5.32 Å². The van der Waals surface area contributed by atoms with Crippen LogP contribution in [-0.4, -0.2) is 19.6 Å². The molecule has 0 aliphatic rings. The van der Waals surface area contributed by atoms with E-state index in [1.807, 2.05) is 0 Å². The molecule has 2 aromatic carbocycles. The molecular formula is C18H19ClFNO3. The van der Waals surface area contributed by atoms with E-state index in [0.717, 1.165) is 0 Å². The summed E-state index contributed by atoms with van der Waals surface area (Å²) in [6, 6.07) is 11.3. The second kappa shape index (κ2) is 8.55. The van der Waals surface area contributed by atoms with Gasteiger partial charge in [-0.2, -0.15) is 0 Å². The van der Waals surface area contributed by atoms with Crippen molar-refractivity contribution in [1.29, 1.82) is 0 Å². The Morgan fingerprint density at radius 1 is 1.29 bits per heavy atom. The second-order valence-corrected chi connectivity index (χ2v) is 5.68. The van der Waals surface area contributed by atoms with Gasteiger partial charge in [0.1, 0.15) is 5.75 Å². The molecule has 0 heterocycles. The molecule has 0 saturated carbocycles. The normalized spacial score (nSPS) is 11.7. The Morgan fingerprint density at radius 2 is 2.08 bits per heavy atom. The largest absolute Gasteiger partial charge is 0.494 e. The van der Waals surface area contributed by atoms with Crippen LogP contribution >= 0.6 is 11.6 Å². The fraction of sp³-hybridized carbons (Fsp3) is 0.278. The number of methoxy groups -OCH3 is 1. The van der Waals surface area contributed by atoms with Gasteiger partial charge in [0, 0.05) is 5.02 Å². The maximum Gasteiger partial charge on any atom is 0.223 e. The molecule has 1 N–H and O–H groups in total. The Labute approximate surface area is 145 Å². The summed E-state index contributed by atoms with van der Waals surface area (Å²) in [6.45, 7) is 2.02. The van der Waals surface area contributed by atoms with Crippen LogP contribution in [-0.2, 0) is 4.79 Å². The molecule has 128 valence electrons.